The Morgan fingerprint density at radius 3 is 3.00 bits per heavy atom. The number of anilines is 2. The molecule has 2 heterocycles. The van der Waals surface area contributed by atoms with Crippen molar-refractivity contribution in [3.63, 3.8) is 0 Å². The van der Waals surface area contributed by atoms with Crippen LogP contribution in [0.5, 0.6) is 5.75 Å². The summed E-state index contributed by atoms with van der Waals surface area (Å²) < 4.78 is 10.0. The second kappa shape index (κ2) is 4.27. The number of rotatable bonds is 2. The standard InChI is InChI=1S/C12H12N4O3/c1-7-9(15-19-14-7)5-16-10-3-2-8(13)4-11(10)18-6-12(16)17/h2-4H,5-6,13H2,1H3. The predicted molar refractivity (Wildman–Crippen MR) is 66.6 cm³/mol. The summed E-state index contributed by atoms with van der Waals surface area (Å²) in [5.74, 6) is 0.452. The summed E-state index contributed by atoms with van der Waals surface area (Å²) in [5.41, 5.74) is 8.25. The van der Waals surface area contributed by atoms with Gasteiger partial charge in [-0.2, -0.15) is 0 Å². The van der Waals surface area contributed by atoms with Crippen molar-refractivity contribution < 1.29 is 14.2 Å². The van der Waals surface area contributed by atoms with Crippen LogP contribution in [0.1, 0.15) is 11.4 Å². The number of ether oxygens (including phenoxy) is 1. The highest BCUT2D eigenvalue weighted by molar-refractivity contribution is 5.98. The maximum atomic E-state index is 12.0. The Hall–Kier alpha value is -2.57. The van der Waals surface area contributed by atoms with E-state index in [0.29, 0.717) is 35.1 Å². The second-order valence-electron chi connectivity index (χ2n) is 4.29. The molecule has 7 heteroatoms. The van der Waals surface area contributed by atoms with E-state index in [0.717, 1.165) is 0 Å². The fourth-order valence-corrected chi connectivity index (χ4v) is 1.94. The second-order valence-corrected chi connectivity index (χ2v) is 4.29. The van der Waals surface area contributed by atoms with E-state index >= 15 is 0 Å². The molecule has 2 aromatic rings. The lowest BCUT2D eigenvalue weighted by Gasteiger charge is -2.28. The van der Waals surface area contributed by atoms with E-state index in [9.17, 15) is 4.79 Å². The van der Waals surface area contributed by atoms with Crippen LogP contribution < -0.4 is 15.4 Å². The molecule has 0 radical (unpaired) electrons. The molecule has 1 aromatic heterocycles. The van der Waals surface area contributed by atoms with Crippen LogP contribution in [0.2, 0.25) is 0 Å². The summed E-state index contributed by atoms with van der Waals surface area (Å²) in [6.07, 6.45) is 0. The largest absolute Gasteiger partial charge is 0.481 e. The van der Waals surface area contributed by atoms with Gasteiger partial charge >= 0.3 is 0 Å². The normalized spacial score (nSPS) is 14.2. The van der Waals surface area contributed by atoms with Gasteiger partial charge in [-0.3, -0.25) is 9.69 Å². The molecule has 1 aliphatic heterocycles. The van der Waals surface area contributed by atoms with E-state index in [1.807, 2.05) is 0 Å². The van der Waals surface area contributed by atoms with Gasteiger partial charge in [-0.15, -0.1) is 0 Å². The first kappa shape index (κ1) is 11.5. The van der Waals surface area contributed by atoms with Gasteiger partial charge in [0.15, 0.2) is 6.61 Å². The Kier molecular flexibility index (Phi) is 2.59. The first-order valence-corrected chi connectivity index (χ1v) is 5.76. The third-order valence-corrected chi connectivity index (χ3v) is 2.98. The Balaban J connectivity index is 1.97. The summed E-state index contributed by atoms with van der Waals surface area (Å²) >= 11 is 0. The molecule has 1 aromatic carbocycles. The summed E-state index contributed by atoms with van der Waals surface area (Å²) in [6, 6.07) is 5.18. The Morgan fingerprint density at radius 2 is 2.26 bits per heavy atom. The van der Waals surface area contributed by atoms with Gasteiger partial charge in [0.1, 0.15) is 17.1 Å². The van der Waals surface area contributed by atoms with Crippen molar-refractivity contribution >= 4 is 17.3 Å². The van der Waals surface area contributed by atoms with Crippen LogP contribution in [-0.2, 0) is 11.3 Å². The molecule has 2 N–H and O–H groups in total. The zero-order chi connectivity index (χ0) is 13.4. The minimum Gasteiger partial charge on any atom is -0.481 e. The van der Waals surface area contributed by atoms with Gasteiger partial charge in [-0.05, 0) is 19.1 Å². The van der Waals surface area contributed by atoms with Crippen molar-refractivity contribution in [3.8, 4) is 5.75 Å². The monoisotopic (exact) mass is 260 g/mol. The number of carbonyl (C=O) groups is 1. The molecule has 0 fully saturated rings. The number of aryl methyl sites for hydroxylation is 1. The van der Waals surface area contributed by atoms with Crippen molar-refractivity contribution in [3.05, 3.63) is 29.6 Å². The molecule has 3 rings (SSSR count). The summed E-state index contributed by atoms with van der Waals surface area (Å²) in [4.78, 5) is 13.6. The van der Waals surface area contributed by atoms with Crippen LogP contribution in [-0.4, -0.2) is 22.8 Å². The quantitative estimate of drug-likeness (QED) is 0.806. The predicted octanol–water partition coefficient (Wildman–Crippen LogP) is 0.886. The van der Waals surface area contributed by atoms with Gasteiger partial charge in [-0.1, -0.05) is 10.3 Å². The van der Waals surface area contributed by atoms with Gasteiger partial charge in [0.25, 0.3) is 5.91 Å². The van der Waals surface area contributed by atoms with E-state index in [-0.39, 0.29) is 12.5 Å². The van der Waals surface area contributed by atoms with Crippen molar-refractivity contribution in [2.45, 2.75) is 13.5 Å². The molecule has 98 valence electrons. The smallest absolute Gasteiger partial charge is 0.265 e. The summed E-state index contributed by atoms with van der Waals surface area (Å²) in [7, 11) is 0. The van der Waals surface area contributed by atoms with Gasteiger partial charge in [0.2, 0.25) is 0 Å². The van der Waals surface area contributed by atoms with Crippen molar-refractivity contribution in [1.82, 2.24) is 10.3 Å². The van der Waals surface area contributed by atoms with Crippen molar-refractivity contribution in [1.29, 1.82) is 0 Å². The number of carbonyl (C=O) groups excluding carboxylic acids is 1. The number of nitrogen functional groups attached to an aromatic ring is 1. The lowest BCUT2D eigenvalue weighted by Crippen LogP contribution is -2.38. The van der Waals surface area contributed by atoms with Crippen LogP contribution in [0.4, 0.5) is 11.4 Å². The van der Waals surface area contributed by atoms with Crippen LogP contribution in [0.25, 0.3) is 0 Å². The number of amides is 1. The van der Waals surface area contributed by atoms with Gasteiger partial charge in [0.05, 0.1) is 12.2 Å². The molecule has 0 bridgehead atoms. The third-order valence-electron chi connectivity index (χ3n) is 2.98. The summed E-state index contributed by atoms with van der Waals surface area (Å²) in [6.45, 7) is 2.07. The molecule has 0 aliphatic carbocycles. The Labute approximate surface area is 108 Å². The van der Waals surface area contributed by atoms with E-state index < -0.39 is 0 Å². The SMILES string of the molecule is Cc1nonc1CN1C(=O)COc2cc(N)ccc21. The number of hydrogen-bond acceptors (Lipinski definition) is 6. The number of aromatic nitrogens is 2. The number of benzene rings is 1. The number of nitrogens with zero attached hydrogens (tertiary/aromatic N) is 3. The Bertz CT molecular complexity index is 638. The molecule has 0 atom stereocenters. The topological polar surface area (TPSA) is 94.5 Å². The fraction of sp³-hybridized carbons (Fsp3) is 0.250. The van der Waals surface area contributed by atoms with Crippen molar-refractivity contribution in [2.24, 2.45) is 0 Å². The lowest BCUT2D eigenvalue weighted by atomic mass is 10.2. The first-order valence-electron chi connectivity index (χ1n) is 5.76. The summed E-state index contributed by atoms with van der Waals surface area (Å²) in [5, 5.41) is 7.49. The highest BCUT2D eigenvalue weighted by atomic mass is 16.6. The average molecular weight is 260 g/mol. The third kappa shape index (κ3) is 1.99. The zero-order valence-corrected chi connectivity index (χ0v) is 10.3. The van der Waals surface area contributed by atoms with Gasteiger partial charge < -0.3 is 10.5 Å². The number of hydrogen-bond donors (Lipinski definition) is 1. The molecule has 0 unspecified atom stereocenters. The molecule has 19 heavy (non-hydrogen) atoms. The number of fused-ring (bicyclic) bond motifs is 1. The van der Waals surface area contributed by atoms with Crippen LogP contribution in [0.3, 0.4) is 0 Å². The number of nitrogens with two attached hydrogens (primary N) is 1. The Morgan fingerprint density at radius 1 is 1.42 bits per heavy atom. The minimum atomic E-state index is -0.139. The zero-order valence-electron chi connectivity index (χ0n) is 10.3. The maximum absolute atomic E-state index is 12.0. The molecule has 0 saturated carbocycles. The average Bonchev–Trinajstić information content (AvgIpc) is 2.78. The fourth-order valence-electron chi connectivity index (χ4n) is 1.94. The van der Waals surface area contributed by atoms with E-state index in [2.05, 4.69) is 14.9 Å². The highest BCUT2D eigenvalue weighted by Crippen LogP contribution is 2.34. The molecule has 7 nitrogen and oxygen atoms in total. The molecular formula is C12H12N4O3. The van der Waals surface area contributed by atoms with Crippen LogP contribution >= 0.6 is 0 Å². The molecule has 1 amide bonds. The van der Waals surface area contributed by atoms with E-state index in [1.54, 1.807) is 30.0 Å². The first-order chi connectivity index (χ1) is 9.15. The molecular weight excluding hydrogens is 248 g/mol. The van der Waals surface area contributed by atoms with E-state index in [4.69, 9.17) is 10.5 Å². The maximum Gasteiger partial charge on any atom is 0.265 e. The lowest BCUT2D eigenvalue weighted by molar-refractivity contribution is -0.121. The molecule has 1 aliphatic rings. The molecule has 0 saturated heterocycles. The van der Waals surface area contributed by atoms with Crippen molar-refractivity contribution in [2.75, 3.05) is 17.2 Å². The van der Waals surface area contributed by atoms with Crippen LogP contribution in [0.15, 0.2) is 22.8 Å². The van der Waals surface area contributed by atoms with Crippen LogP contribution in [0, 0.1) is 6.92 Å². The highest BCUT2D eigenvalue weighted by Gasteiger charge is 2.27. The molecule has 0 spiro atoms. The minimum absolute atomic E-state index is 0.0131. The van der Waals surface area contributed by atoms with Gasteiger partial charge in [-0.25, -0.2) is 4.63 Å². The van der Waals surface area contributed by atoms with E-state index in [1.165, 1.54) is 0 Å². The van der Waals surface area contributed by atoms with Gasteiger partial charge in [0, 0.05) is 11.8 Å².